The number of carbonyl (C=O) groups is 1. The highest BCUT2D eigenvalue weighted by atomic mass is 35.5. The SMILES string of the molecule is CN(C)CCCNC(=O)C(Cc1ccccc1)c1ccc(Cl)cc1. The van der Waals surface area contributed by atoms with Gasteiger partial charge in [-0.15, -0.1) is 0 Å². The average molecular weight is 345 g/mol. The third kappa shape index (κ3) is 5.99. The van der Waals surface area contributed by atoms with Crippen molar-refractivity contribution in [2.45, 2.75) is 18.8 Å². The second-order valence-electron chi connectivity index (χ2n) is 6.24. The van der Waals surface area contributed by atoms with Crippen LogP contribution in [0.4, 0.5) is 0 Å². The van der Waals surface area contributed by atoms with Crippen LogP contribution >= 0.6 is 11.6 Å². The number of nitrogens with one attached hydrogen (secondary N) is 1. The lowest BCUT2D eigenvalue weighted by Gasteiger charge is -2.18. The number of halogens is 1. The molecule has 0 aliphatic carbocycles. The number of nitrogens with zero attached hydrogens (tertiary/aromatic N) is 1. The Morgan fingerprint density at radius 2 is 1.75 bits per heavy atom. The Morgan fingerprint density at radius 1 is 1.08 bits per heavy atom. The molecule has 1 atom stereocenters. The Bertz CT molecular complexity index is 626. The monoisotopic (exact) mass is 344 g/mol. The van der Waals surface area contributed by atoms with Crippen molar-refractivity contribution in [1.82, 2.24) is 10.2 Å². The maximum Gasteiger partial charge on any atom is 0.227 e. The number of hydrogen-bond acceptors (Lipinski definition) is 2. The largest absolute Gasteiger partial charge is 0.356 e. The normalized spacial score (nSPS) is 12.2. The molecule has 0 bridgehead atoms. The van der Waals surface area contributed by atoms with E-state index in [9.17, 15) is 4.79 Å². The van der Waals surface area contributed by atoms with Crippen molar-refractivity contribution >= 4 is 17.5 Å². The van der Waals surface area contributed by atoms with Crippen molar-refractivity contribution in [3.8, 4) is 0 Å². The van der Waals surface area contributed by atoms with E-state index in [4.69, 9.17) is 11.6 Å². The molecule has 2 rings (SSSR count). The summed E-state index contributed by atoms with van der Waals surface area (Å²) in [5.41, 5.74) is 2.15. The minimum atomic E-state index is -0.205. The fourth-order valence-electron chi connectivity index (χ4n) is 2.64. The van der Waals surface area contributed by atoms with Crippen molar-refractivity contribution in [3.63, 3.8) is 0 Å². The van der Waals surface area contributed by atoms with Crippen LogP contribution in [0.15, 0.2) is 54.6 Å². The van der Waals surface area contributed by atoms with Crippen LogP contribution in [0.3, 0.4) is 0 Å². The first-order chi connectivity index (χ1) is 11.6. The van der Waals surface area contributed by atoms with Crippen molar-refractivity contribution in [1.29, 1.82) is 0 Å². The maximum atomic E-state index is 12.7. The molecule has 3 nitrogen and oxygen atoms in total. The first-order valence-electron chi connectivity index (χ1n) is 8.28. The van der Waals surface area contributed by atoms with E-state index in [2.05, 4.69) is 22.3 Å². The minimum Gasteiger partial charge on any atom is -0.356 e. The van der Waals surface area contributed by atoms with Gasteiger partial charge < -0.3 is 10.2 Å². The predicted octanol–water partition coefficient (Wildman–Crippen LogP) is 3.73. The second kappa shape index (κ2) is 9.45. The van der Waals surface area contributed by atoms with Gasteiger partial charge >= 0.3 is 0 Å². The van der Waals surface area contributed by atoms with E-state index in [1.165, 1.54) is 0 Å². The maximum absolute atomic E-state index is 12.7. The second-order valence-corrected chi connectivity index (χ2v) is 6.68. The van der Waals surface area contributed by atoms with Crippen LogP contribution in [0.25, 0.3) is 0 Å². The lowest BCUT2D eigenvalue weighted by Crippen LogP contribution is -2.32. The Kier molecular flexibility index (Phi) is 7.29. The summed E-state index contributed by atoms with van der Waals surface area (Å²) in [6, 6.07) is 17.7. The van der Waals surface area contributed by atoms with E-state index in [-0.39, 0.29) is 11.8 Å². The Hall–Kier alpha value is -1.84. The summed E-state index contributed by atoms with van der Waals surface area (Å²) in [4.78, 5) is 14.8. The van der Waals surface area contributed by atoms with Gasteiger partial charge in [0.25, 0.3) is 0 Å². The van der Waals surface area contributed by atoms with E-state index < -0.39 is 0 Å². The fourth-order valence-corrected chi connectivity index (χ4v) is 2.76. The average Bonchev–Trinajstić information content (AvgIpc) is 2.58. The van der Waals surface area contributed by atoms with Gasteiger partial charge in [0.2, 0.25) is 5.91 Å². The predicted molar refractivity (Wildman–Crippen MR) is 101 cm³/mol. The van der Waals surface area contributed by atoms with Crippen molar-refractivity contribution in [3.05, 3.63) is 70.7 Å². The first-order valence-corrected chi connectivity index (χ1v) is 8.66. The zero-order valence-electron chi connectivity index (χ0n) is 14.3. The van der Waals surface area contributed by atoms with Crippen LogP contribution < -0.4 is 5.32 Å². The van der Waals surface area contributed by atoms with Gasteiger partial charge in [-0.3, -0.25) is 4.79 Å². The molecule has 0 aromatic heterocycles. The van der Waals surface area contributed by atoms with E-state index in [1.54, 1.807) is 0 Å². The number of carbonyl (C=O) groups excluding carboxylic acids is 1. The third-order valence-electron chi connectivity index (χ3n) is 3.95. The smallest absolute Gasteiger partial charge is 0.227 e. The molecular weight excluding hydrogens is 320 g/mol. The quantitative estimate of drug-likeness (QED) is 0.740. The lowest BCUT2D eigenvalue weighted by molar-refractivity contribution is -0.122. The van der Waals surface area contributed by atoms with Crippen molar-refractivity contribution < 1.29 is 4.79 Å². The number of rotatable bonds is 8. The molecule has 0 spiro atoms. The van der Waals surface area contributed by atoms with E-state index in [1.807, 2.05) is 56.6 Å². The molecule has 1 amide bonds. The van der Waals surface area contributed by atoms with Gasteiger partial charge in [-0.1, -0.05) is 54.1 Å². The van der Waals surface area contributed by atoms with Gasteiger partial charge in [0.15, 0.2) is 0 Å². The molecule has 2 aromatic rings. The zero-order chi connectivity index (χ0) is 17.4. The molecule has 0 aliphatic heterocycles. The van der Waals surface area contributed by atoms with Crippen molar-refractivity contribution in [2.24, 2.45) is 0 Å². The summed E-state index contributed by atoms with van der Waals surface area (Å²) in [6.45, 7) is 1.65. The van der Waals surface area contributed by atoms with E-state index in [0.717, 1.165) is 24.1 Å². The zero-order valence-corrected chi connectivity index (χ0v) is 15.1. The molecule has 128 valence electrons. The highest BCUT2D eigenvalue weighted by Gasteiger charge is 2.20. The Balaban J connectivity index is 2.07. The molecule has 1 N–H and O–H groups in total. The van der Waals surface area contributed by atoms with Crippen LogP contribution in [-0.4, -0.2) is 38.0 Å². The van der Waals surface area contributed by atoms with Gasteiger partial charge in [0.1, 0.15) is 0 Å². The summed E-state index contributed by atoms with van der Waals surface area (Å²) < 4.78 is 0. The summed E-state index contributed by atoms with van der Waals surface area (Å²) in [5, 5.41) is 3.76. The molecule has 0 heterocycles. The first kappa shape index (κ1) is 18.5. The van der Waals surface area contributed by atoms with Gasteiger partial charge in [0, 0.05) is 11.6 Å². The molecule has 0 saturated carbocycles. The van der Waals surface area contributed by atoms with E-state index >= 15 is 0 Å². The van der Waals surface area contributed by atoms with Crippen molar-refractivity contribution in [2.75, 3.05) is 27.2 Å². The third-order valence-corrected chi connectivity index (χ3v) is 4.20. The Labute approximate surface area is 149 Å². The standard InChI is InChI=1S/C20H25ClN2O/c1-23(2)14-6-13-22-20(24)19(15-16-7-4-3-5-8-16)17-9-11-18(21)12-10-17/h3-5,7-12,19H,6,13-15H2,1-2H3,(H,22,24). The lowest BCUT2D eigenvalue weighted by atomic mass is 9.91. The summed E-state index contributed by atoms with van der Waals surface area (Å²) in [5.74, 6) is -0.135. The molecule has 1 unspecified atom stereocenters. The van der Waals surface area contributed by atoms with Crippen LogP contribution in [0.1, 0.15) is 23.5 Å². The molecule has 0 fully saturated rings. The van der Waals surface area contributed by atoms with Crippen LogP contribution in [0, 0.1) is 0 Å². The summed E-state index contributed by atoms with van der Waals surface area (Å²) >= 11 is 5.98. The highest BCUT2D eigenvalue weighted by Crippen LogP contribution is 2.23. The van der Waals surface area contributed by atoms with Gasteiger partial charge in [0.05, 0.1) is 5.92 Å². The van der Waals surface area contributed by atoms with Crippen LogP contribution in [0.5, 0.6) is 0 Å². The van der Waals surface area contributed by atoms with Gasteiger partial charge in [-0.05, 0) is 56.7 Å². The minimum absolute atomic E-state index is 0.0694. The topological polar surface area (TPSA) is 32.3 Å². The summed E-state index contributed by atoms with van der Waals surface area (Å²) in [7, 11) is 4.07. The molecule has 24 heavy (non-hydrogen) atoms. The van der Waals surface area contributed by atoms with Crippen LogP contribution in [-0.2, 0) is 11.2 Å². The molecular formula is C20H25ClN2O. The van der Waals surface area contributed by atoms with E-state index in [0.29, 0.717) is 18.0 Å². The summed E-state index contributed by atoms with van der Waals surface area (Å²) in [6.07, 6.45) is 1.62. The number of benzene rings is 2. The molecule has 0 radical (unpaired) electrons. The van der Waals surface area contributed by atoms with Crippen LogP contribution in [0.2, 0.25) is 5.02 Å². The fraction of sp³-hybridized carbons (Fsp3) is 0.350. The van der Waals surface area contributed by atoms with Gasteiger partial charge in [-0.2, -0.15) is 0 Å². The Morgan fingerprint density at radius 3 is 2.38 bits per heavy atom. The molecule has 2 aromatic carbocycles. The molecule has 4 heteroatoms. The molecule has 0 saturated heterocycles. The molecule has 0 aliphatic rings. The number of amides is 1. The highest BCUT2D eigenvalue weighted by molar-refractivity contribution is 6.30. The van der Waals surface area contributed by atoms with Gasteiger partial charge in [-0.25, -0.2) is 0 Å². The number of hydrogen-bond donors (Lipinski definition) is 1.